The fraction of sp³-hybridized carbons (Fsp3) is 0.222. The van der Waals surface area contributed by atoms with Crippen LogP contribution in [0, 0.1) is 6.42 Å². The van der Waals surface area contributed by atoms with Gasteiger partial charge in [-0.1, -0.05) is 18.2 Å². The molecule has 1 nitrogen and oxygen atoms in total. The van der Waals surface area contributed by atoms with E-state index in [2.05, 4.69) is 29.9 Å². The first-order chi connectivity index (χ1) is 4.97. The fourth-order valence-electron chi connectivity index (χ4n) is 1.22. The Labute approximate surface area is 61.1 Å². The first-order valence-electron chi connectivity index (χ1n) is 3.54. The number of hydrogen-bond acceptors (Lipinski definition) is 0. The predicted molar refractivity (Wildman–Crippen MR) is 41.1 cm³/mol. The van der Waals surface area contributed by atoms with Gasteiger partial charge in [-0.15, -0.1) is 0 Å². The fourth-order valence-corrected chi connectivity index (χ4v) is 1.22. The second kappa shape index (κ2) is 2.33. The van der Waals surface area contributed by atoms with Gasteiger partial charge in [0.1, 0.15) is 0 Å². The largest absolute Gasteiger partial charge is 0.285 e. The molecular formula is C9H9N. The second-order valence-electron chi connectivity index (χ2n) is 2.46. The second-order valence-corrected chi connectivity index (χ2v) is 2.46. The van der Waals surface area contributed by atoms with Crippen LogP contribution in [-0.4, -0.2) is 6.54 Å². The summed E-state index contributed by atoms with van der Waals surface area (Å²) in [7, 11) is 0. The van der Waals surface area contributed by atoms with Crippen LogP contribution < -0.4 is 5.32 Å². The summed E-state index contributed by atoms with van der Waals surface area (Å²) in [5, 5.41) is 4.34. The van der Waals surface area contributed by atoms with Crippen molar-refractivity contribution in [3.63, 3.8) is 0 Å². The van der Waals surface area contributed by atoms with Crippen LogP contribution in [0.2, 0.25) is 0 Å². The molecule has 0 saturated carbocycles. The van der Waals surface area contributed by atoms with E-state index in [4.69, 9.17) is 0 Å². The predicted octanol–water partition coefficient (Wildman–Crippen LogP) is 1.68. The molecule has 0 aliphatic carbocycles. The van der Waals surface area contributed by atoms with Gasteiger partial charge in [0.05, 0.1) is 5.69 Å². The molecule has 0 atom stereocenters. The Kier molecular flexibility index (Phi) is 1.35. The van der Waals surface area contributed by atoms with E-state index < -0.39 is 0 Å². The third-order valence-electron chi connectivity index (χ3n) is 1.75. The molecule has 1 aliphatic heterocycles. The van der Waals surface area contributed by atoms with Gasteiger partial charge in [0.25, 0.3) is 0 Å². The molecule has 1 heterocycles. The molecule has 0 N–H and O–H groups in total. The lowest BCUT2D eigenvalue weighted by Gasteiger charge is -2.13. The van der Waals surface area contributed by atoms with Crippen molar-refractivity contribution in [2.45, 2.75) is 6.42 Å². The van der Waals surface area contributed by atoms with Crippen molar-refractivity contribution in [1.82, 2.24) is 5.32 Å². The summed E-state index contributed by atoms with van der Waals surface area (Å²) in [5.41, 5.74) is 2.53. The monoisotopic (exact) mass is 131 g/mol. The van der Waals surface area contributed by atoms with Crippen LogP contribution in [0.4, 0.5) is 5.69 Å². The van der Waals surface area contributed by atoms with Crippen molar-refractivity contribution in [2.75, 3.05) is 6.54 Å². The normalized spacial score (nSPS) is 15.6. The van der Waals surface area contributed by atoms with E-state index in [9.17, 15) is 0 Å². The number of fused-ring (bicyclic) bond motifs is 1. The molecular weight excluding hydrogens is 122 g/mol. The Morgan fingerprint density at radius 3 is 3.00 bits per heavy atom. The molecule has 0 aromatic heterocycles. The zero-order valence-electron chi connectivity index (χ0n) is 5.75. The molecule has 0 spiro atoms. The summed E-state index contributed by atoms with van der Waals surface area (Å²) < 4.78 is 0. The summed E-state index contributed by atoms with van der Waals surface area (Å²) in [6.07, 6.45) is 3.28. The van der Waals surface area contributed by atoms with Crippen molar-refractivity contribution >= 4 is 5.69 Å². The summed E-state index contributed by atoms with van der Waals surface area (Å²) >= 11 is 0. The number of nitrogens with zero attached hydrogens (tertiary/aromatic N) is 1. The highest BCUT2D eigenvalue weighted by atomic mass is 14.9. The SMILES string of the molecule is [CH]1C[N]c2ccccc2C1. The van der Waals surface area contributed by atoms with Gasteiger partial charge in [-0.25, -0.2) is 0 Å². The van der Waals surface area contributed by atoms with E-state index in [0.717, 1.165) is 13.0 Å². The van der Waals surface area contributed by atoms with Crippen molar-refractivity contribution < 1.29 is 0 Å². The van der Waals surface area contributed by atoms with Gasteiger partial charge in [0.15, 0.2) is 0 Å². The smallest absolute Gasteiger partial charge is 0.0606 e. The van der Waals surface area contributed by atoms with Crippen LogP contribution in [0.3, 0.4) is 0 Å². The molecule has 0 bridgehead atoms. The molecule has 0 amide bonds. The highest BCUT2D eigenvalue weighted by Crippen LogP contribution is 2.19. The zero-order valence-corrected chi connectivity index (χ0v) is 5.75. The maximum absolute atomic E-state index is 4.34. The van der Waals surface area contributed by atoms with E-state index in [-0.39, 0.29) is 0 Å². The van der Waals surface area contributed by atoms with Crippen LogP contribution in [0.15, 0.2) is 24.3 Å². The summed E-state index contributed by atoms with van der Waals surface area (Å²) in [6, 6.07) is 8.30. The quantitative estimate of drug-likeness (QED) is 0.508. The Bertz CT molecular complexity index is 205. The molecule has 1 aromatic carbocycles. The Morgan fingerprint density at radius 2 is 2.10 bits per heavy atom. The zero-order chi connectivity index (χ0) is 6.81. The van der Waals surface area contributed by atoms with Gasteiger partial charge < -0.3 is 0 Å². The molecule has 1 heteroatoms. The molecule has 1 aliphatic rings. The third-order valence-corrected chi connectivity index (χ3v) is 1.75. The van der Waals surface area contributed by atoms with Crippen LogP contribution in [-0.2, 0) is 6.42 Å². The van der Waals surface area contributed by atoms with Crippen LogP contribution in [0.25, 0.3) is 0 Å². The Balaban J connectivity index is 2.41. The number of hydrogen-bond donors (Lipinski definition) is 0. The molecule has 0 saturated heterocycles. The summed E-state index contributed by atoms with van der Waals surface area (Å²) in [5.74, 6) is 0. The Morgan fingerprint density at radius 1 is 1.20 bits per heavy atom. The molecule has 10 heavy (non-hydrogen) atoms. The average Bonchev–Trinajstić information content (AvgIpc) is 2.05. The summed E-state index contributed by atoms with van der Waals surface area (Å²) in [4.78, 5) is 0. The number of rotatable bonds is 0. The molecule has 2 rings (SSSR count). The van der Waals surface area contributed by atoms with Crippen molar-refractivity contribution in [3.05, 3.63) is 36.2 Å². The topological polar surface area (TPSA) is 14.1 Å². The highest BCUT2D eigenvalue weighted by molar-refractivity contribution is 5.47. The van der Waals surface area contributed by atoms with Crippen molar-refractivity contribution in [3.8, 4) is 0 Å². The Hall–Kier alpha value is -0.980. The van der Waals surface area contributed by atoms with E-state index in [0.29, 0.717) is 0 Å². The summed E-state index contributed by atoms with van der Waals surface area (Å²) in [6.45, 7) is 0.886. The van der Waals surface area contributed by atoms with E-state index in [1.807, 2.05) is 6.07 Å². The molecule has 0 unspecified atom stereocenters. The van der Waals surface area contributed by atoms with Crippen molar-refractivity contribution in [2.24, 2.45) is 0 Å². The minimum Gasteiger partial charge on any atom is -0.285 e. The lowest BCUT2D eigenvalue weighted by Crippen LogP contribution is -2.10. The average molecular weight is 131 g/mol. The van der Waals surface area contributed by atoms with Gasteiger partial charge in [-0.2, -0.15) is 0 Å². The van der Waals surface area contributed by atoms with E-state index in [1.165, 1.54) is 11.3 Å². The van der Waals surface area contributed by atoms with Crippen molar-refractivity contribution in [1.29, 1.82) is 0 Å². The van der Waals surface area contributed by atoms with Gasteiger partial charge >= 0.3 is 0 Å². The highest BCUT2D eigenvalue weighted by Gasteiger charge is 2.06. The van der Waals surface area contributed by atoms with E-state index in [1.54, 1.807) is 0 Å². The van der Waals surface area contributed by atoms with Crippen LogP contribution in [0.1, 0.15) is 5.56 Å². The van der Waals surface area contributed by atoms with Gasteiger partial charge in [0.2, 0.25) is 0 Å². The molecule has 2 radical (unpaired) electrons. The minimum atomic E-state index is 0.886. The maximum Gasteiger partial charge on any atom is 0.0606 e. The van der Waals surface area contributed by atoms with Gasteiger partial charge in [-0.05, 0) is 24.5 Å². The maximum atomic E-state index is 4.34. The third kappa shape index (κ3) is 0.878. The van der Waals surface area contributed by atoms with Crippen LogP contribution in [0.5, 0.6) is 0 Å². The minimum absolute atomic E-state index is 0.886. The van der Waals surface area contributed by atoms with Gasteiger partial charge in [-0.3, -0.25) is 5.32 Å². The lowest BCUT2D eigenvalue weighted by atomic mass is 10.0. The van der Waals surface area contributed by atoms with Crippen LogP contribution >= 0.6 is 0 Å². The first-order valence-corrected chi connectivity index (χ1v) is 3.54. The van der Waals surface area contributed by atoms with Gasteiger partial charge in [0, 0.05) is 6.54 Å². The molecule has 50 valence electrons. The number of benzene rings is 1. The molecule has 1 aromatic rings. The first kappa shape index (κ1) is 5.78. The van der Waals surface area contributed by atoms with E-state index >= 15 is 0 Å². The molecule has 0 fully saturated rings. The standard InChI is InChI=1S/C9H9N/c1-2-6-9-8(4-1)5-3-7-10-9/h1-4,6H,5,7H2. The lowest BCUT2D eigenvalue weighted by molar-refractivity contribution is 0.836. The number of para-hydroxylation sites is 1.